The van der Waals surface area contributed by atoms with Gasteiger partial charge in [0.05, 0.1) is 16.9 Å². The molecule has 0 bridgehead atoms. The predicted octanol–water partition coefficient (Wildman–Crippen LogP) is 5.69. The highest BCUT2D eigenvalue weighted by Crippen LogP contribution is 2.30. The lowest BCUT2D eigenvalue weighted by Gasteiger charge is -2.23. The van der Waals surface area contributed by atoms with Crippen LogP contribution in [0.25, 0.3) is 11.3 Å². The summed E-state index contributed by atoms with van der Waals surface area (Å²) in [7, 11) is 0. The molecule has 150 valence electrons. The Hall–Kier alpha value is -2.73. The lowest BCUT2D eigenvalue weighted by molar-refractivity contribution is 0.462. The van der Waals surface area contributed by atoms with Crippen molar-refractivity contribution in [2.24, 2.45) is 0 Å². The SMILES string of the molecule is Fc1cncc(CNc2cccc(-c3cc(NC4CCCCC4)ncc3Cl)n2)c1. The predicted molar refractivity (Wildman–Crippen MR) is 114 cm³/mol. The standard InChI is InChI=1S/C22H23ClFN5/c23-19-14-27-22(28-17-5-2-1-3-6-17)10-18(19)20-7-4-8-21(29-20)26-12-15-9-16(24)13-25-11-15/h4,7-11,13-14,17H,1-3,5-6,12H2,(H,26,29)(H,27,28). The molecule has 7 heteroatoms. The van der Waals surface area contributed by atoms with E-state index in [0.29, 0.717) is 23.4 Å². The summed E-state index contributed by atoms with van der Waals surface area (Å²) in [6.07, 6.45) is 10.7. The van der Waals surface area contributed by atoms with Gasteiger partial charge in [-0.2, -0.15) is 0 Å². The van der Waals surface area contributed by atoms with Crippen LogP contribution in [0.2, 0.25) is 5.02 Å². The quantitative estimate of drug-likeness (QED) is 0.545. The molecule has 0 aliphatic heterocycles. The Bertz CT molecular complexity index is 975. The maximum atomic E-state index is 13.3. The van der Waals surface area contributed by atoms with Gasteiger partial charge >= 0.3 is 0 Å². The van der Waals surface area contributed by atoms with Crippen LogP contribution in [0.15, 0.2) is 48.9 Å². The first-order valence-corrected chi connectivity index (χ1v) is 10.3. The van der Waals surface area contributed by atoms with E-state index < -0.39 is 0 Å². The largest absolute Gasteiger partial charge is 0.367 e. The Balaban J connectivity index is 1.50. The molecule has 1 aliphatic carbocycles. The van der Waals surface area contributed by atoms with Gasteiger partial charge in [0.15, 0.2) is 0 Å². The number of nitrogens with zero attached hydrogens (tertiary/aromatic N) is 3. The molecule has 0 atom stereocenters. The summed E-state index contributed by atoms with van der Waals surface area (Å²) < 4.78 is 13.3. The molecular formula is C22H23ClFN5. The van der Waals surface area contributed by atoms with Crippen LogP contribution in [-0.4, -0.2) is 21.0 Å². The van der Waals surface area contributed by atoms with E-state index in [2.05, 4.69) is 25.6 Å². The van der Waals surface area contributed by atoms with Crippen LogP contribution < -0.4 is 10.6 Å². The second-order valence-electron chi connectivity index (χ2n) is 7.30. The van der Waals surface area contributed by atoms with Crippen molar-refractivity contribution in [3.8, 4) is 11.3 Å². The Morgan fingerprint density at radius 1 is 1.03 bits per heavy atom. The van der Waals surface area contributed by atoms with E-state index in [0.717, 1.165) is 22.6 Å². The molecule has 29 heavy (non-hydrogen) atoms. The molecule has 3 aromatic heterocycles. The summed E-state index contributed by atoms with van der Waals surface area (Å²) in [6, 6.07) is 9.57. The van der Waals surface area contributed by atoms with Crippen LogP contribution in [0, 0.1) is 5.82 Å². The number of pyridine rings is 3. The van der Waals surface area contributed by atoms with E-state index >= 15 is 0 Å². The zero-order valence-electron chi connectivity index (χ0n) is 16.0. The van der Waals surface area contributed by atoms with Crippen molar-refractivity contribution < 1.29 is 4.39 Å². The monoisotopic (exact) mass is 411 g/mol. The van der Waals surface area contributed by atoms with Crippen molar-refractivity contribution in [2.75, 3.05) is 10.6 Å². The molecule has 3 aromatic rings. The van der Waals surface area contributed by atoms with Crippen molar-refractivity contribution in [1.29, 1.82) is 0 Å². The summed E-state index contributed by atoms with van der Waals surface area (Å²) in [4.78, 5) is 13.0. The van der Waals surface area contributed by atoms with E-state index in [1.54, 1.807) is 12.4 Å². The summed E-state index contributed by atoms with van der Waals surface area (Å²) in [5, 5.41) is 7.29. The number of anilines is 2. The number of hydrogen-bond donors (Lipinski definition) is 2. The highest BCUT2D eigenvalue weighted by molar-refractivity contribution is 6.33. The van der Waals surface area contributed by atoms with Crippen LogP contribution in [0.3, 0.4) is 0 Å². The molecule has 0 aromatic carbocycles. The van der Waals surface area contributed by atoms with Gasteiger partial charge in [-0.15, -0.1) is 0 Å². The third-order valence-electron chi connectivity index (χ3n) is 5.07. The molecule has 0 unspecified atom stereocenters. The number of rotatable bonds is 6. The van der Waals surface area contributed by atoms with E-state index in [1.807, 2.05) is 24.3 Å². The first kappa shape index (κ1) is 19.6. The summed E-state index contributed by atoms with van der Waals surface area (Å²) >= 11 is 6.42. The number of hydrogen-bond acceptors (Lipinski definition) is 5. The normalized spacial score (nSPS) is 14.6. The van der Waals surface area contributed by atoms with Crippen molar-refractivity contribution in [3.05, 3.63) is 65.3 Å². The van der Waals surface area contributed by atoms with E-state index in [1.165, 1.54) is 44.4 Å². The molecule has 5 nitrogen and oxygen atoms in total. The first-order chi connectivity index (χ1) is 14.2. The lowest BCUT2D eigenvalue weighted by Crippen LogP contribution is -2.22. The van der Waals surface area contributed by atoms with Crippen molar-refractivity contribution in [2.45, 2.75) is 44.7 Å². The molecule has 0 radical (unpaired) electrons. The first-order valence-electron chi connectivity index (χ1n) is 9.90. The molecule has 2 N–H and O–H groups in total. The minimum absolute atomic E-state index is 0.354. The molecule has 3 heterocycles. The zero-order chi connectivity index (χ0) is 20.1. The fourth-order valence-electron chi connectivity index (χ4n) is 3.60. The van der Waals surface area contributed by atoms with Crippen molar-refractivity contribution in [1.82, 2.24) is 15.0 Å². The highest BCUT2D eigenvalue weighted by Gasteiger charge is 2.15. The van der Waals surface area contributed by atoms with Crippen LogP contribution in [0.4, 0.5) is 16.0 Å². The summed E-state index contributed by atoms with van der Waals surface area (Å²) in [5.41, 5.74) is 2.33. The van der Waals surface area contributed by atoms with Gasteiger partial charge in [-0.3, -0.25) is 4.98 Å². The number of nitrogens with one attached hydrogen (secondary N) is 2. The summed E-state index contributed by atoms with van der Waals surface area (Å²) in [6.45, 7) is 0.430. The van der Waals surface area contributed by atoms with Crippen LogP contribution in [0.1, 0.15) is 37.7 Å². The van der Waals surface area contributed by atoms with Gasteiger partial charge in [-0.1, -0.05) is 36.9 Å². The molecule has 0 amide bonds. The third-order valence-corrected chi connectivity index (χ3v) is 5.37. The molecule has 0 spiro atoms. The van der Waals surface area contributed by atoms with Gasteiger partial charge in [0.2, 0.25) is 0 Å². The minimum Gasteiger partial charge on any atom is -0.367 e. The lowest BCUT2D eigenvalue weighted by atomic mass is 9.95. The summed E-state index contributed by atoms with van der Waals surface area (Å²) in [5.74, 6) is 1.15. The van der Waals surface area contributed by atoms with Gasteiger partial charge in [0.25, 0.3) is 0 Å². The second kappa shape index (κ2) is 9.18. The number of halogens is 2. The third kappa shape index (κ3) is 5.21. The average molecular weight is 412 g/mol. The van der Waals surface area contributed by atoms with E-state index in [4.69, 9.17) is 11.6 Å². The van der Waals surface area contributed by atoms with E-state index in [9.17, 15) is 4.39 Å². The van der Waals surface area contributed by atoms with Crippen molar-refractivity contribution >= 4 is 23.2 Å². The smallest absolute Gasteiger partial charge is 0.141 e. The molecule has 0 saturated heterocycles. The number of aromatic nitrogens is 3. The van der Waals surface area contributed by atoms with Gasteiger partial charge in [-0.05, 0) is 42.7 Å². The van der Waals surface area contributed by atoms with E-state index in [-0.39, 0.29) is 5.82 Å². The van der Waals surface area contributed by atoms with Gasteiger partial charge in [0.1, 0.15) is 17.5 Å². The molecule has 4 rings (SSSR count). The topological polar surface area (TPSA) is 62.7 Å². The fourth-order valence-corrected chi connectivity index (χ4v) is 3.80. The van der Waals surface area contributed by atoms with Crippen LogP contribution in [0.5, 0.6) is 0 Å². The Morgan fingerprint density at radius 3 is 2.72 bits per heavy atom. The zero-order valence-corrected chi connectivity index (χ0v) is 16.8. The highest BCUT2D eigenvalue weighted by atomic mass is 35.5. The molecule has 1 fully saturated rings. The second-order valence-corrected chi connectivity index (χ2v) is 7.71. The fraction of sp³-hybridized carbons (Fsp3) is 0.318. The Labute approximate surface area is 174 Å². The van der Waals surface area contributed by atoms with Gasteiger partial charge in [-0.25, -0.2) is 14.4 Å². The minimum atomic E-state index is -0.354. The van der Waals surface area contributed by atoms with Gasteiger partial charge < -0.3 is 10.6 Å². The molecular weight excluding hydrogens is 389 g/mol. The van der Waals surface area contributed by atoms with Crippen LogP contribution in [-0.2, 0) is 6.54 Å². The molecule has 1 aliphatic rings. The average Bonchev–Trinajstić information content (AvgIpc) is 2.75. The van der Waals surface area contributed by atoms with Crippen LogP contribution >= 0.6 is 11.6 Å². The van der Waals surface area contributed by atoms with Gasteiger partial charge in [0, 0.05) is 30.5 Å². The maximum absolute atomic E-state index is 13.3. The maximum Gasteiger partial charge on any atom is 0.141 e. The molecule has 1 saturated carbocycles. The van der Waals surface area contributed by atoms with Crippen molar-refractivity contribution in [3.63, 3.8) is 0 Å². The Kier molecular flexibility index (Phi) is 6.20. The Morgan fingerprint density at radius 2 is 1.90 bits per heavy atom.